The van der Waals surface area contributed by atoms with E-state index >= 15 is 0 Å². The van der Waals surface area contributed by atoms with E-state index in [1.165, 1.54) is 7.11 Å². The van der Waals surface area contributed by atoms with Crippen LogP contribution in [0.4, 0.5) is 0 Å². The van der Waals surface area contributed by atoms with E-state index in [1.54, 1.807) is 0 Å². The van der Waals surface area contributed by atoms with Gasteiger partial charge >= 0.3 is 11.9 Å². The van der Waals surface area contributed by atoms with Crippen molar-refractivity contribution >= 4 is 29.5 Å². The number of methoxy groups -OCH3 is 1. The van der Waals surface area contributed by atoms with Crippen molar-refractivity contribution in [2.45, 2.75) is 5.92 Å². The second kappa shape index (κ2) is 7.04. The summed E-state index contributed by atoms with van der Waals surface area (Å²) in [5.41, 5.74) is 4.26. The quantitative estimate of drug-likeness (QED) is 0.600. The fraction of sp³-hybridized carbons (Fsp3) is 0.190. The second-order valence-electron chi connectivity index (χ2n) is 6.23. The molecule has 0 saturated heterocycles. The highest BCUT2D eigenvalue weighted by Crippen LogP contribution is 2.44. The van der Waals surface area contributed by atoms with Crippen LogP contribution in [0.15, 0.2) is 59.0 Å². The number of fused-ring (bicyclic) bond motifs is 3. The van der Waals surface area contributed by atoms with Crippen LogP contribution in [-0.4, -0.2) is 37.2 Å². The lowest BCUT2D eigenvalue weighted by Crippen LogP contribution is -2.17. The Morgan fingerprint density at radius 3 is 2.19 bits per heavy atom. The first-order chi connectivity index (χ1) is 13.1. The summed E-state index contributed by atoms with van der Waals surface area (Å²) in [5, 5.41) is 0. The van der Waals surface area contributed by atoms with E-state index in [1.807, 2.05) is 36.4 Å². The number of carbonyl (C=O) groups is 3. The van der Waals surface area contributed by atoms with Crippen LogP contribution >= 0.6 is 11.8 Å². The van der Waals surface area contributed by atoms with E-state index in [-0.39, 0.29) is 28.8 Å². The van der Waals surface area contributed by atoms with Gasteiger partial charge in [0.15, 0.2) is 5.78 Å². The number of benzene rings is 2. The molecule has 2 aromatic carbocycles. The molecule has 1 aliphatic carbocycles. The molecule has 1 aliphatic heterocycles. The SMILES string of the molecule is COC(=O)C1=C(C(=O)OCC2c3ccccc3-c3ccccc32)SCC1=O. The Kier molecular flexibility index (Phi) is 4.58. The second-order valence-corrected chi connectivity index (χ2v) is 7.22. The van der Waals surface area contributed by atoms with Gasteiger partial charge in [0, 0.05) is 5.92 Å². The van der Waals surface area contributed by atoms with Gasteiger partial charge in [-0.3, -0.25) is 4.79 Å². The Labute approximate surface area is 160 Å². The zero-order chi connectivity index (χ0) is 19.0. The summed E-state index contributed by atoms with van der Waals surface area (Å²) in [7, 11) is 1.18. The van der Waals surface area contributed by atoms with E-state index in [0.717, 1.165) is 34.0 Å². The number of hydrogen-bond donors (Lipinski definition) is 0. The van der Waals surface area contributed by atoms with Crippen molar-refractivity contribution in [3.63, 3.8) is 0 Å². The lowest BCUT2D eigenvalue weighted by atomic mass is 9.98. The number of Topliss-reactive ketones (excluding diaryl/α,β-unsaturated/α-hetero) is 1. The Bertz CT molecular complexity index is 946. The van der Waals surface area contributed by atoms with Gasteiger partial charge in [-0.1, -0.05) is 48.5 Å². The zero-order valence-electron chi connectivity index (χ0n) is 14.6. The number of esters is 2. The lowest BCUT2D eigenvalue weighted by molar-refractivity contribution is -0.141. The minimum atomic E-state index is -0.798. The van der Waals surface area contributed by atoms with Gasteiger partial charge < -0.3 is 9.47 Å². The molecule has 27 heavy (non-hydrogen) atoms. The van der Waals surface area contributed by atoms with E-state index in [2.05, 4.69) is 16.9 Å². The van der Waals surface area contributed by atoms with Crippen LogP contribution in [0, 0.1) is 0 Å². The molecule has 5 nitrogen and oxygen atoms in total. The van der Waals surface area contributed by atoms with Crippen LogP contribution in [0.3, 0.4) is 0 Å². The van der Waals surface area contributed by atoms with Gasteiger partial charge in [-0.2, -0.15) is 0 Å². The fourth-order valence-corrected chi connectivity index (χ4v) is 4.48. The summed E-state index contributed by atoms with van der Waals surface area (Å²) in [6.45, 7) is 0.138. The molecule has 0 amide bonds. The van der Waals surface area contributed by atoms with Crippen molar-refractivity contribution in [2.24, 2.45) is 0 Å². The molecule has 0 saturated carbocycles. The van der Waals surface area contributed by atoms with E-state index in [0.29, 0.717) is 0 Å². The lowest BCUT2D eigenvalue weighted by Gasteiger charge is -2.14. The van der Waals surface area contributed by atoms with Gasteiger partial charge in [0.2, 0.25) is 0 Å². The summed E-state index contributed by atoms with van der Waals surface area (Å²) in [5.74, 6) is -1.90. The van der Waals surface area contributed by atoms with Crippen molar-refractivity contribution < 1.29 is 23.9 Å². The van der Waals surface area contributed by atoms with Gasteiger partial charge in [-0.15, -0.1) is 11.8 Å². The standard InChI is InChI=1S/C21H16O5S/c1-25-20(23)18-17(22)11-27-19(18)21(24)26-10-16-14-8-4-2-6-12(14)13-7-3-5-9-15(13)16/h2-9,16H,10-11H2,1H3. The topological polar surface area (TPSA) is 69.7 Å². The normalized spacial score (nSPS) is 15.5. The van der Waals surface area contributed by atoms with Crippen LogP contribution in [-0.2, 0) is 23.9 Å². The first-order valence-corrected chi connectivity index (χ1v) is 9.44. The molecule has 0 aromatic heterocycles. The summed E-state index contributed by atoms with van der Waals surface area (Å²) in [6.07, 6.45) is 0. The molecule has 0 atom stereocenters. The monoisotopic (exact) mass is 380 g/mol. The van der Waals surface area contributed by atoms with Crippen LogP contribution in [0.1, 0.15) is 17.0 Å². The van der Waals surface area contributed by atoms with Crippen LogP contribution in [0.5, 0.6) is 0 Å². The fourth-order valence-electron chi connectivity index (χ4n) is 3.54. The van der Waals surface area contributed by atoms with Gasteiger partial charge in [0.1, 0.15) is 17.1 Å². The molecule has 136 valence electrons. The Morgan fingerprint density at radius 1 is 1.00 bits per heavy atom. The summed E-state index contributed by atoms with van der Waals surface area (Å²) >= 11 is 1.02. The summed E-state index contributed by atoms with van der Waals surface area (Å²) in [4.78, 5) is 36.3. The van der Waals surface area contributed by atoms with Crippen molar-refractivity contribution in [3.05, 3.63) is 70.1 Å². The van der Waals surface area contributed by atoms with Crippen molar-refractivity contribution in [3.8, 4) is 11.1 Å². The van der Waals surface area contributed by atoms with Crippen LogP contribution < -0.4 is 0 Å². The molecular weight excluding hydrogens is 364 g/mol. The third kappa shape index (κ3) is 2.96. The van der Waals surface area contributed by atoms with Crippen LogP contribution in [0.2, 0.25) is 0 Å². The first kappa shape index (κ1) is 17.5. The molecule has 0 unspecified atom stereocenters. The van der Waals surface area contributed by atoms with E-state index in [4.69, 9.17) is 4.74 Å². The summed E-state index contributed by atoms with van der Waals surface area (Å²) in [6, 6.07) is 16.1. The highest BCUT2D eigenvalue weighted by Gasteiger charge is 2.36. The highest BCUT2D eigenvalue weighted by molar-refractivity contribution is 8.05. The molecule has 0 bridgehead atoms. The number of carbonyl (C=O) groups excluding carboxylic acids is 3. The average Bonchev–Trinajstić information content (AvgIpc) is 3.24. The minimum Gasteiger partial charge on any atom is -0.465 e. The first-order valence-electron chi connectivity index (χ1n) is 8.45. The average molecular weight is 380 g/mol. The molecule has 2 aromatic rings. The third-order valence-electron chi connectivity index (χ3n) is 4.77. The number of ether oxygens (including phenoxy) is 2. The number of thioether (sulfide) groups is 1. The smallest absolute Gasteiger partial charge is 0.345 e. The molecular formula is C21H16O5S. The zero-order valence-corrected chi connectivity index (χ0v) is 15.4. The maximum Gasteiger partial charge on any atom is 0.345 e. The van der Waals surface area contributed by atoms with Crippen LogP contribution in [0.25, 0.3) is 11.1 Å². The van der Waals surface area contributed by atoms with Gasteiger partial charge in [-0.25, -0.2) is 9.59 Å². The molecule has 0 N–H and O–H groups in total. The third-order valence-corrected chi connectivity index (χ3v) is 5.84. The van der Waals surface area contributed by atoms with Gasteiger partial charge in [-0.05, 0) is 22.3 Å². The minimum absolute atomic E-state index is 0.0337. The number of rotatable bonds is 4. The maximum absolute atomic E-state index is 12.5. The number of hydrogen-bond acceptors (Lipinski definition) is 6. The van der Waals surface area contributed by atoms with E-state index < -0.39 is 17.7 Å². The van der Waals surface area contributed by atoms with Gasteiger partial charge in [0.05, 0.1) is 12.9 Å². The molecule has 6 heteroatoms. The Hall–Kier alpha value is -2.86. The van der Waals surface area contributed by atoms with Crippen molar-refractivity contribution in [1.82, 2.24) is 0 Å². The Morgan fingerprint density at radius 2 is 1.59 bits per heavy atom. The molecule has 0 spiro atoms. The maximum atomic E-state index is 12.5. The van der Waals surface area contributed by atoms with Gasteiger partial charge in [0.25, 0.3) is 0 Å². The molecule has 2 aliphatic rings. The molecule has 1 heterocycles. The molecule has 0 radical (unpaired) electrons. The number of ketones is 1. The predicted molar refractivity (Wildman–Crippen MR) is 101 cm³/mol. The van der Waals surface area contributed by atoms with Crippen molar-refractivity contribution in [1.29, 1.82) is 0 Å². The highest BCUT2D eigenvalue weighted by atomic mass is 32.2. The summed E-state index contributed by atoms with van der Waals surface area (Å²) < 4.78 is 10.1. The molecule has 0 fully saturated rings. The largest absolute Gasteiger partial charge is 0.465 e. The molecule has 4 rings (SSSR count). The van der Waals surface area contributed by atoms with Crippen molar-refractivity contribution in [2.75, 3.05) is 19.5 Å². The predicted octanol–water partition coefficient (Wildman–Crippen LogP) is 3.09. The van der Waals surface area contributed by atoms with E-state index in [9.17, 15) is 14.4 Å². The Balaban J connectivity index is 1.59.